The number of methoxy groups -OCH3 is 2. The third-order valence-electron chi connectivity index (χ3n) is 2.23. The minimum Gasteiger partial charge on any atom is -0.469 e. The monoisotopic (exact) mass is 363 g/mol. The molecule has 6 nitrogen and oxygen atoms in total. The van der Waals surface area contributed by atoms with Gasteiger partial charge in [-0.15, -0.1) is 4.91 Å². The number of carbonyl (C=O) groups excluding carboxylic acids is 2. The molecule has 0 saturated heterocycles. The van der Waals surface area contributed by atoms with E-state index in [-0.39, 0.29) is 17.7 Å². The highest BCUT2D eigenvalue weighted by atomic mass is 127. The standard InChI is InChI=1S/C11H10INO5/c1-17-10(14)4-6-3-8(12)7(11(15)18-2)5-9(6)13-16/h3,5H,4H2,1-2H3. The zero-order chi connectivity index (χ0) is 13.7. The summed E-state index contributed by atoms with van der Waals surface area (Å²) in [5.74, 6) is -1.05. The summed E-state index contributed by atoms with van der Waals surface area (Å²) in [6, 6.07) is 2.85. The predicted octanol–water partition coefficient (Wildman–Crippen LogP) is 2.19. The Labute approximate surface area is 117 Å². The lowest BCUT2D eigenvalue weighted by Crippen LogP contribution is -2.08. The van der Waals surface area contributed by atoms with Crippen molar-refractivity contribution in [2.75, 3.05) is 14.2 Å². The molecule has 1 aromatic carbocycles. The van der Waals surface area contributed by atoms with E-state index in [1.807, 2.05) is 22.6 Å². The van der Waals surface area contributed by atoms with Crippen molar-refractivity contribution >= 4 is 40.2 Å². The van der Waals surface area contributed by atoms with E-state index in [0.29, 0.717) is 9.13 Å². The molecule has 0 aliphatic heterocycles. The van der Waals surface area contributed by atoms with E-state index in [1.165, 1.54) is 20.3 Å². The highest BCUT2D eigenvalue weighted by Gasteiger charge is 2.17. The van der Waals surface area contributed by atoms with E-state index in [4.69, 9.17) is 0 Å². The lowest BCUT2D eigenvalue weighted by Gasteiger charge is -2.07. The Morgan fingerprint density at radius 2 is 1.94 bits per heavy atom. The fourth-order valence-electron chi connectivity index (χ4n) is 1.32. The van der Waals surface area contributed by atoms with Gasteiger partial charge in [0.25, 0.3) is 0 Å². The third-order valence-corrected chi connectivity index (χ3v) is 3.13. The van der Waals surface area contributed by atoms with Gasteiger partial charge in [-0.25, -0.2) is 4.79 Å². The summed E-state index contributed by atoms with van der Waals surface area (Å²) >= 11 is 1.92. The normalized spacial score (nSPS) is 9.72. The van der Waals surface area contributed by atoms with Crippen molar-refractivity contribution in [3.63, 3.8) is 0 Å². The highest BCUT2D eigenvalue weighted by molar-refractivity contribution is 14.1. The Bertz CT molecular complexity index is 500. The highest BCUT2D eigenvalue weighted by Crippen LogP contribution is 2.26. The van der Waals surface area contributed by atoms with Crippen LogP contribution in [0.15, 0.2) is 17.3 Å². The molecular formula is C11H10INO5. The molecule has 0 aliphatic rings. The van der Waals surface area contributed by atoms with Crippen molar-refractivity contribution in [3.8, 4) is 0 Å². The summed E-state index contributed by atoms with van der Waals surface area (Å²) in [6.45, 7) is 0. The van der Waals surface area contributed by atoms with Gasteiger partial charge in [-0.3, -0.25) is 4.79 Å². The minimum atomic E-state index is -0.561. The number of hydrogen-bond donors (Lipinski definition) is 0. The average molecular weight is 363 g/mol. The number of hydrogen-bond acceptors (Lipinski definition) is 6. The van der Waals surface area contributed by atoms with Crippen LogP contribution in [0.25, 0.3) is 0 Å². The number of nitroso groups, excluding NO2 is 1. The van der Waals surface area contributed by atoms with E-state index >= 15 is 0 Å². The molecule has 0 spiro atoms. The van der Waals surface area contributed by atoms with Gasteiger partial charge in [-0.2, -0.15) is 0 Å². The zero-order valence-electron chi connectivity index (χ0n) is 9.73. The molecule has 18 heavy (non-hydrogen) atoms. The average Bonchev–Trinajstić information content (AvgIpc) is 2.38. The molecule has 0 aromatic heterocycles. The Kier molecular flexibility index (Phi) is 5.20. The summed E-state index contributed by atoms with van der Waals surface area (Å²) in [4.78, 5) is 33.3. The molecule has 0 atom stereocenters. The number of nitrogens with zero attached hydrogens (tertiary/aromatic N) is 1. The van der Waals surface area contributed by atoms with Crippen molar-refractivity contribution in [1.29, 1.82) is 0 Å². The molecule has 0 N–H and O–H groups in total. The topological polar surface area (TPSA) is 82.0 Å². The fourth-order valence-corrected chi connectivity index (χ4v) is 2.08. The molecule has 96 valence electrons. The summed E-state index contributed by atoms with van der Waals surface area (Å²) in [7, 11) is 2.50. The SMILES string of the molecule is COC(=O)Cc1cc(I)c(C(=O)OC)cc1N=O. The zero-order valence-corrected chi connectivity index (χ0v) is 11.9. The maximum Gasteiger partial charge on any atom is 0.339 e. The van der Waals surface area contributed by atoms with Gasteiger partial charge < -0.3 is 9.47 Å². The number of carbonyl (C=O) groups is 2. The molecule has 0 aliphatic carbocycles. The van der Waals surface area contributed by atoms with Gasteiger partial charge in [-0.05, 0) is 45.5 Å². The quantitative estimate of drug-likeness (QED) is 0.465. The smallest absolute Gasteiger partial charge is 0.339 e. The van der Waals surface area contributed by atoms with Gasteiger partial charge in [0.15, 0.2) is 0 Å². The predicted molar refractivity (Wildman–Crippen MR) is 71.7 cm³/mol. The summed E-state index contributed by atoms with van der Waals surface area (Å²) in [5.41, 5.74) is 0.677. The molecule has 0 bridgehead atoms. The van der Waals surface area contributed by atoms with Crippen LogP contribution in [0.2, 0.25) is 0 Å². The Morgan fingerprint density at radius 3 is 2.44 bits per heavy atom. The second-order valence-electron chi connectivity index (χ2n) is 3.30. The van der Waals surface area contributed by atoms with Crippen LogP contribution in [0, 0.1) is 8.48 Å². The van der Waals surface area contributed by atoms with Crippen molar-refractivity contribution in [3.05, 3.63) is 31.7 Å². The molecule has 0 radical (unpaired) electrons. The summed E-state index contributed by atoms with van der Waals surface area (Å²) in [5, 5.41) is 2.81. The molecular weight excluding hydrogens is 353 g/mol. The summed E-state index contributed by atoms with van der Waals surface area (Å²) in [6.07, 6.45) is -0.0744. The Balaban J connectivity index is 3.22. The minimum absolute atomic E-state index is 0.0289. The first-order valence-corrected chi connectivity index (χ1v) is 5.92. The number of halogens is 1. The molecule has 0 heterocycles. The number of esters is 2. The third kappa shape index (κ3) is 3.25. The van der Waals surface area contributed by atoms with Crippen molar-refractivity contribution in [2.45, 2.75) is 6.42 Å². The van der Waals surface area contributed by atoms with Crippen LogP contribution in [-0.2, 0) is 20.7 Å². The van der Waals surface area contributed by atoms with Crippen LogP contribution >= 0.6 is 22.6 Å². The summed E-state index contributed by atoms with van der Waals surface area (Å²) < 4.78 is 9.67. The van der Waals surface area contributed by atoms with Crippen LogP contribution in [0.3, 0.4) is 0 Å². The maximum atomic E-state index is 11.4. The van der Waals surface area contributed by atoms with E-state index in [9.17, 15) is 14.5 Å². The lowest BCUT2D eigenvalue weighted by atomic mass is 10.1. The van der Waals surface area contributed by atoms with Crippen LogP contribution in [-0.4, -0.2) is 26.2 Å². The van der Waals surface area contributed by atoms with Gasteiger partial charge >= 0.3 is 11.9 Å². The first-order valence-electron chi connectivity index (χ1n) is 4.84. The van der Waals surface area contributed by atoms with E-state index < -0.39 is 11.9 Å². The Hall–Kier alpha value is -1.51. The van der Waals surface area contributed by atoms with Crippen LogP contribution in [0.1, 0.15) is 15.9 Å². The van der Waals surface area contributed by atoms with E-state index in [0.717, 1.165) is 0 Å². The molecule has 1 aromatic rings. The van der Waals surface area contributed by atoms with Crippen molar-refractivity contribution in [2.24, 2.45) is 5.18 Å². The molecule has 0 amide bonds. The lowest BCUT2D eigenvalue weighted by molar-refractivity contribution is -0.139. The molecule has 7 heteroatoms. The van der Waals surface area contributed by atoms with Gasteiger partial charge in [0.1, 0.15) is 5.69 Å². The van der Waals surface area contributed by atoms with Crippen LogP contribution < -0.4 is 0 Å². The molecule has 0 saturated carbocycles. The second-order valence-corrected chi connectivity index (χ2v) is 4.46. The van der Waals surface area contributed by atoms with Gasteiger partial charge in [0, 0.05) is 3.57 Å². The number of ether oxygens (including phenoxy) is 2. The van der Waals surface area contributed by atoms with E-state index in [1.54, 1.807) is 6.07 Å². The van der Waals surface area contributed by atoms with E-state index in [2.05, 4.69) is 14.7 Å². The maximum absolute atomic E-state index is 11.4. The van der Waals surface area contributed by atoms with Crippen molar-refractivity contribution in [1.82, 2.24) is 0 Å². The second kappa shape index (κ2) is 6.43. The van der Waals surface area contributed by atoms with Crippen molar-refractivity contribution < 1.29 is 19.1 Å². The van der Waals surface area contributed by atoms with Gasteiger partial charge in [0.05, 0.1) is 26.2 Å². The number of benzene rings is 1. The number of rotatable bonds is 4. The Morgan fingerprint density at radius 1 is 1.28 bits per heavy atom. The van der Waals surface area contributed by atoms with Gasteiger partial charge in [0.2, 0.25) is 0 Å². The first kappa shape index (κ1) is 14.6. The first-order chi connectivity index (χ1) is 8.53. The fraction of sp³-hybridized carbons (Fsp3) is 0.273. The molecule has 0 unspecified atom stereocenters. The van der Waals surface area contributed by atoms with Gasteiger partial charge in [-0.1, -0.05) is 0 Å². The molecule has 0 fully saturated rings. The van der Waals surface area contributed by atoms with Crippen LogP contribution in [0.5, 0.6) is 0 Å². The largest absolute Gasteiger partial charge is 0.469 e. The molecule has 1 rings (SSSR count). The van der Waals surface area contributed by atoms with Crippen LogP contribution in [0.4, 0.5) is 5.69 Å².